The van der Waals surface area contributed by atoms with Gasteiger partial charge in [-0.15, -0.1) is 0 Å². The molecule has 0 bridgehead atoms. The van der Waals surface area contributed by atoms with Crippen molar-refractivity contribution in [1.82, 2.24) is 0 Å². The topological polar surface area (TPSA) is 38.0 Å². The Morgan fingerprint density at radius 1 is 1.55 bits per heavy atom. The number of nitrogens with two attached hydrogens (primary N) is 1. The monoisotopic (exact) mass is 148 g/mol. The van der Waals surface area contributed by atoms with E-state index < -0.39 is 0 Å². The van der Waals surface area contributed by atoms with Crippen molar-refractivity contribution in [3.05, 3.63) is 23.8 Å². The minimum absolute atomic E-state index is 0.605. The molecule has 1 aromatic carbocycles. The van der Waals surface area contributed by atoms with Crippen LogP contribution >= 0.6 is 0 Å². The van der Waals surface area contributed by atoms with Crippen LogP contribution in [0.2, 0.25) is 0 Å². The first-order valence-corrected chi connectivity index (χ1v) is 3.91. The molecule has 1 heterocycles. The van der Waals surface area contributed by atoms with Gasteiger partial charge in [-0.2, -0.15) is 0 Å². The van der Waals surface area contributed by atoms with E-state index in [4.69, 9.17) is 5.73 Å². The number of nitrogens with one attached hydrogen (secondary N) is 1. The van der Waals surface area contributed by atoms with E-state index in [9.17, 15) is 0 Å². The Kier molecular flexibility index (Phi) is 1.28. The molecule has 1 aromatic rings. The van der Waals surface area contributed by atoms with Crippen LogP contribution in [0.25, 0.3) is 0 Å². The lowest BCUT2D eigenvalue weighted by Gasteiger charge is -2.03. The average Bonchev–Trinajstić information content (AvgIpc) is 2.35. The van der Waals surface area contributed by atoms with E-state index in [2.05, 4.69) is 18.3 Å². The number of rotatable bonds is 0. The molecule has 0 saturated heterocycles. The number of benzene rings is 1. The summed E-state index contributed by atoms with van der Waals surface area (Å²) >= 11 is 0. The first-order valence-electron chi connectivity index (χ1n) is 3.91. The van der Waals surface area contributed by atoms with Gasteiger partial charge in [0.1, 0.15) is 0 Å². The van der Waals surface area contributed by atoms with Gasteiger partial charge in [-0.05, 0) is 11.6 Å². The highest BCUT2D eigenvalue weighted by atomic mass is 14.9. The molecule has 2 rings (SSSR count). The number of nitrogen functional groups attached to an aromatic ring is 1. The number of fused-ring (bicyclic) bond motifs is 1. The SMILES string of the molecule is C[C@H]1CNc2c(N)cccc21. The third-order valence-corrected chi connectivity index (χ3v) is 2.24. The maximum absolute atomic E-state index is 5.77. The number of hydrogen-bond acceptors (Lipinski definition) is 2. The summed E-state index contributed by atoms with van der Waals surface area (Å²) in [6.07, 6.45) is 0. The van der Waals surface area contributed by atoms with Crippen LogP contribution in [0, 0.1) is 0 Å². The fourth-order valence-corrected chi connectivity index (χ4v) is 1.57. The van der Waals surface area contributed by atoms with Crippen LogP contribution in [-0.4, -0.2) is 6.54 Å². The predicted molar refractivity (Wildman–Crippen MR) is 47.8 cm³/mol. The molecule has 0 radical (unpaired) electrons. The summed E-state index contributed by atoms with van der Waals surface area (Å²) in [5.74, 6) is 0.605. The van der Waals surface area contributed by atoms with Gasteiger partial charge in [0.2, 0.25) is 0 Å². The highest BCUT2D eigenvalue weighted by Gasteiger charge is 2.18. The molecule has 2 nitrogen and oxygen atoms in total. The third kappa shape index (κ3) is 0.862. The Bertz CT molecular complexity index is 281. The van der Waals surface area contributed by atoms with Crippen molar-refractivity contribution in [3.63, 3.8) is 0 Å². The fraction of sp³-hybridized carbons (Fsp3) is 0.333. The largest absolute Gasteiger partial charge is 0.397 e. The molecule has 0 saturated carbocycles. The van der Waals surface area contributed by atoms with Crippen molar-refractivity contribution in [2.75, 3.05) is 17.6 Å². The molecule has 2 heteroatoms. The second-order valence-corrected chi connectivity index (χ2v) is 3.09. The van der Waals surface area contributed by atoms with Crippen LogP contribution in [0.4, 0.5) is 11.4 Å². The molecule has 0 aromatic heterocycles. The van der Waals surface area contributed by atoms with E-state index in [1.54, 1.807) is 0 Å². The Hall–Kier alpha value is -1.18. The quantitative estimate of drug-likeness (QED) is 0.550. The molecule has 11 heavy (non-hydrogen) atoms. The molecule has 58 valence electrons. The summed E-state index contributed by atoms with van der Waals surface area (Å²) in [6.45, 7) is 3.22. The zero-order valence-electron chi connectivity index (χ0n) is 6.59. The second kappa shape index (κ2) is 2.16. The van der Waals surface area contributed by atoms with Crippen molar-refractivity contribution in [2.45, 2.75) is 12.8 Å². The predicted octanol–water partition coefficient (Wildman–Crippen LogP) is 1.80. The van der Waals surface area contributed by atoms with Crippen LogP contribution in [0.1, 0.15) is 18.4 Å². The maximum Gasteiger partial charge on any atom is 0.0610 e. The van der Waals surface area contributed by atoms with Crippen LogP contribution in [0.3, 0.4) is 0 Å². The van der Waals surface area contributed by atoms with E-state index in [0.717, 1.165) is 17.9 Å². The molecule has 1 aliphatic heterocycles. The van der Waals surface area contributed by atoms with Crippen LogP contribution in [-0.2, 0) is 0 Å². The van der Waals surface area contributed by atoms with Gasteiger partial charge in [0, 0.05) is 12.5 Å². The van der Waals surface area contributed by atoms with Crippen LogP contribution in [0.15, 0.2) is 18.2 Å². The molecule has 0 amide bonds. The highest BCUT2D eigenvalue weighted by molar-refractivity contribution is 5.73. The molecule has 1 atom stereocenters. The standard InChI is InChI=1S/C9H12N2/c1-6-5-11-9-7(6)3-2-4-8(9)10/h2-4,6,11H,5,10H2,1H3/t6-/m0/s1. The first-order chi connectivity index (χ1) is 5.29. The van der Waals surface area contributed by atoms with Gasteiger partial charge in [-0.25, -0.2) is 0 Å². The summed E-state index contributed by atoms with van der Waals surface area (Å²) < 4.78 is 0. The summed E-state index contributed by atoms with van der Waals surface area (Å²) in [5.41, 5.74) is 9.13. The molecular weight excluding hydrogens is 136 g/mol. The van der Waals surface area contributed by atoms with Gasteiger partial charge in [0.15, 0.2) is 0 Å². The van der Waals surface area contributed by atoms with E-state index in [-0.39, 0.29) is 0 Å². The Balaban J connectivity index is 2.57. The zero-order valence-corrected chi connectivity index (χ0v) is 6.59. The van der Waals surface area contributed by atoms with Crippen molar-refractivity contribution in [1.29, 1.82) is 0 Å². The fourth-order valence-electron chi connectivity index (χ4n) is 1.57. The molecule has 0 spiro atoms. The lowest BCUT2D eigenvalue weighted by Crippen LogP contribution is -1.97. The van der Waals surface area contributed by atoms with Crippen molar-refractivity contribution < 1.29 is 0 Å². The average molecular weight is 148 g/mol. The summed E-state index contributed by atoms with van der Waals surface area (Å²) in [6, 6.07) is 6.08. The maximum atomic E-state index is 5.77. The second-order valence-electron chi connectivity index (χ2n) is 3.09. The van der Waals surface area contributed by atoms with Gasteiger partial charge in [-0.1, -0.05) is 19.1 Å². The Labute approximate surface area is 66.4 Å². The zero-order chi connectivity index (χ0) is 7.84. The van der Waals surface area contributed by atoms with Crippen molar-refractivity contribution >= 4 is 11.4 Å². The Morgan fingerprint density at radius 3 is 3.09 bits per heavy atom. The van der Waals surface area contributed by atoms with E-state index in [1.807, 2.05) is 12.1 Å². The van der Waals surface area contributed by atoms with Crippen LogP contribution < -0.4 is 11.1 Å². The normalized spacial score (nSPS) is 21.0. The molecular formula is C9H12N2. The molecule has 0 aliphatic carbocycles. The van der Waals surface area contributed by atoms with Gasteiger partial charge in [-0.3, -0.25) is 0 Å². The van der Waals surface area contributed by atoms with E-state index in [1.165, 1.54) is 5.56 Å². The number of para-hydroxylation sites is 1. The van der Waals surface area contributed by atoms with Gasteiger partial charge < -0.3 is 11.1 Å². The molecule has 0 unspecified atom stereocenters. The number of hydrogen-bond donors (Lipinski definition) is 2. The van der Waals surface area contributed by atoms with E-state index >= 15 is 0 Å². The first kappa shape index (κ1) is 6.53. The lowest BCUT2D eigenvalue weighted by molar-refractivity contribution is 0.854. The van der Waals surface area contributed by atoms with Gasteiger partial charge in [0.25, 0.3) is 0 Å². The smallest absolute Gasteiger partial charge is 0.0610 e. The summed E-state index contributed by atoms with van der Waals surface area (Å²) in [7, 11) is 0. The molecule has 3 N–H and O–H groups in total. The lowest BCUT2D eigenvalue weighted by atomic mass is 10.0. The molecule has 1 aliphatic rings. The third-order valence-electron chi connectivity index (χ3n) is 2.24. The van der Waals surface area contributed by atoms with Crippen molar-refractivity contribution in [3.8, 4) is 0 Å². The van der Waals surface area contributed by atoms with Crippen LogP contribution in [0.5, 0.6) is 0 Å². The number of anilines is 2. The molecule has 0 fully saturated rings. The highest BCUT2D eigenvalue weighted by Crippen LogP contribution is 2.34. The minimum atomic E-state index is 0.605. The van der Waals surface area contributed by atoms with Gasteiger partial charge >= 0.3 is 0 Å². The minimum Gasteiger partial charge on any atom is -0.397 e. The van der Waals surface area contributed by atoms with Crippen molar-refractivity contribution in [2.24, 2.45) is 0 Å². The van der Waals surface area contributed by atoms with E-state index in [0.29, 0.717) is 5.92 Å². The summed E-state index contributed by atoms with van der Waals surface area (Å²) in [5, 5.41) is 3.29. The summed E-state index contributed by atoms with van der Waals surface area (Å²) in [4.78, 5) is 0. The Morgan fingerprint density at radius 2 is 2.36 bits per heavy atom. The van der Waals surface area contributed by atoms with Gasteiger partial charge in [0.05, 0.1) is 11.4 Å².